The maximum Gasteiger partial charge on any atom is 0.159 e. The van der Waals surface area contributed by atoms with Crippen molar-refractivity contribution in [1.29, 1.82) is 0 Å². The second kappa shape index (κ2) is 6.02. The van der Waals surface area contributed by atoms with Crippen LogP contribution in [0.2, 0.25) is 0 Å². The summed E-state index contributed by atoms with van der Waals surface area (Å²) in [6.07, 6.45) is 0. The second-order valence-corrected chi connectivity index (χ2v) is 5.94. The van der Waals surface area contributed by atoms with Gasteiger partial charge in [-0.05, 0) is 58.0 Å². The van der Waals surface area contributed by atoms with E-state index in [2.05, 4.69) is 57.2 Å². The largest absolute Gasteiger partial charge is 0.316 e. The molecule has 2 aromatic rings. The van der Waals surface area contributed by atoms with Gasteiger partial charge in [0.05, 0.1) is 0 Å². The number of aryl methyl sites for hydroxylation is 4. The van der Waals surface area contributed by atoms with Crippen molar-refractivity contribution in [3.05, 3.63) is 44.7 Å². The maximum atomic E-state index is 4.67. The zero-order valence-corrected chi connectivity index (χ0v) is 14.2. The quantitative estimate of drug-likeness (QED) is 0.926. The van der Waals surface area contributed by atoms with Crippen LogP contribution in [0.1, 0.15) is 28.1 Å². The molecule has 2 rings (SSSR count). The van der Waals surface area contributed by atoms with Gasteiger partial charge in [-0.2, -0.15) is 0 Å². The number of nitrogens with one attached hydrogen (secondary N) is 1. The van der Waals surface area contributed by atoms with E-state index in [0.717, 1.165) is 33.8 Å². The van der Waals surface area contributed by atoms with Crippen LogP contribution in [0.25, 0.3) is 11.4 Å². The fourth-order valence-electron chi connectivity index (χ4n) is 2.38. The third kappa shape index (κ3) is 2.91. The molecule has 0 fully saturated rings. The molecule has 0 saturated heterocycles. The van der Waals surface area contributed by atoms with Gasteiger partial charge < -0.3 is 5.32 Å². The Morgan fingerprint density at radius 3 is 1.95 bits per heavy atom. The molecular weight excluding hydrogens is 314 g/mol. The number of aromatic nitrogens is 2. The first-order valence-electron chi connectivity index (χ1n) is 6.70. The standard InChI is InChI=1S/C16H20BrN3/c1-9-6-13(7-10(2)15(9)17)16-19-11(3)14(8-18-5)12(4)20-16/h6-7,18H,8H2,1-5H3. The van der Waals surface area contributed by atoms with Gasteiger partial charge in [-0.15, -0.1) is 0 Å². The molecule has 0 amide bonds. The van der Waals surface area contributed by atoms with Gasteiger partial charge in [-0.25, -0.2) is 9.97 Å². The van der Waals surface area contributed by atoms with Crippen molar-refractivity contribution in [2.24, 2.45) is 0 Å². The molecule has 20 heavy (non-hydrogen) atoms. The number of hydrogen-bond acceptors (Lipinski definition) is 3. The van der Waals surface area contributed by atoms with Crippen LogP contribution >= 0.6 is 15.9 Å². The summed E-state index contributed by atoms with van der Waals surface area (Å²) < 4.78 is 1.15. The topological polar surface area (TPSA) is 37.8 Å². The highest BCUT2D eigenvalue weighted by Gasteiger charge is 2.11. The molecule has 4 heteroatoms. The molecule has 0 bridgehead atoms. The Bertz CT molecular complexity index is 604. The van der Waals surface area contributed by atoms with Crippen LogP contribution in [0.4, 0.5) is 0 Å². The summed E-state index contributed by atoms with van der Waals surface area (Å²) in [5, 5.41) is 3.16. The highest BCUT2D eigenvalue weighted by atomic mass is 79.9. The van der Waals surface area contributed by atoms with Crippen molar-refractivity contribution < 1.29 is 0 Å². The molecule has 0 atom stereocenters. The Kier molecular flexibility index (Phi) is 4.55. The van der Waals surface area contributed by atoms with E-state index in [0.29, 0.717) is 0 Å². The minimum absolute atomic E-state index is 0.802. The Labute approximate surface area is 129 Å². The normalized spacial score (nSPS) is 10.9. The molecule has 0 aliphatic heterocycles. The second-order valence-electron chi connectivity index (χ2n) is 5.15. The van der Waals surface area contributed by atoms with Gasteiger partial charge in [0.15, 0.2) is 5.82 Å². The van der Waals surface area contributed by atoms with Crippen LogP contribution in [0.3, 0.4) is 0 Å². The average Bonchev–Trinajstić information content (AvgIpc) is 2.39. The van der Waals surface area contributed by atoms with Gasteiger partial charge in [0.1, 0.15) is 0 Å². The van der Waals surface area contributed by atoms with Crippen LogP contribution in [0, 0.1) is 27.7 Å². The molecule has 1 heterocycles. The Morgan fingerprint density at radius 1 is 1.00 bits per heavy atom. The molecule has 3 nitrogen and oxygen atoms in total. The third-order valence-corrected chi connectivity index (χ3v) is 4.72. The third-order valence-electron chi connectivity index (χ3n) is 3.47. The molecule has 0 saturated carbocycles. The molecule has 1 aromatic carbocycles. The fourth-order valence-corrected chi connectivity index (χ4v) is 2.61. The molecule has 0 aliphatic carbocycles. The molecular formula is C16H20BrN3. The molecule has 106 valence electrons. The highest BCUT2D eigenvalue weighted by Crippen LogP contribution is 2.27. The van der Waals surface area contributed by atoms with Crippen LogP contribution in [-0.4, -0.2) is 17.0 Å². The van der Waals surface area contributed by atoms with E-state index in [9.17, 15) is 0 Å². The van der Waals surface area contributed by atoms with E-state index >= 15 is 0 Å². The lowest BCUT2D eigenvalue weighted by molar-refractivity contribution is 0.787. The van der Waals surface area contributed by atoms with Crippen LogP contribution in [-0.2, 0) is 6.54 Å². The predicted octanol–water partition coefficient (Wildman–Crippen LogP) is 3.86. The fraction of sp³-hybridized carbons (Fsp3) is 0.375. The lowest BCUT2D eigenvalue weighted by Gasteiger charge is -2.12. The number of halogens is 1. The van der Waals surface area contributed by atoms with E-state index in [1.807, 2.05) is 20.9 Å². The predicted molar refractivity (Wildman–Crippen MR) is 86.9 cm³/mol. The minimum Gasteiger partial charge on any atom is -0.316 e. The van der Waals surface area contributed by atoms with Crippen molar-refractivity contribution in [2.75, 3.05) is 7.05 Å². The SMILES string of the molecule is CNCc1c(C)nc(-c2cc(C)c(Br)c(C)c2)nc1C. The lowest BCUT2D eigenvalue weighted by Crippen LogP contribution is -2.11. The van der Waals surface area contributed by atoms with Crippen molar-refractivity contribution in [1.82, 2.24) is 15.3 Å². The lowest BCUT2D eigenvalue weighted by atomic mass is 10.1. The Balaban J connectivity index is 2.54. The van der Waals surface area contributed by atoms with Crippen LogP contribution < -0.4 is 5.32 Å². The van der Waals surface area contributed by atoms with Gasteiger partial charge in [0.25, 0.3) is 0 Å². The maximum absolute atomic E-state index is 4.67. The van der Waals surface area contributed by atoms with Gasteiger partial charge in [-0.3, -0.25) is 0 Å². The highest BCUT2D eigenvalue weighted by molar-refractivity contribution is 9.10. The van der Waals surface area contributed by atoms with Gasteiger partial charge in [-0.1, -0.05) is 15.9 Å². The Hall–Kier alpha value is -1.26. The van der Waals surface area contributed by atoms with E-state index in [-0.39, 0.29) is 0 Å². The van der Waals surface area contributed by atoms with E-state index in [1.165, 1.54) is 16.7 Å². The van der Waals surface area contributed by atoms with Crippen LogP contribution in [0.15, 0.2) is 16.6 Å². The summed E-state index contributed by atoms with van der Waals surface area (Å²) in [4.78, 5) is 9.34. The first-order valence-corrected chi connectivity index (χ1v) is 7.49. The van der Waals surface area contributed by atoms with E-state index in [4.69, 9.17) is 0 Å². The van der Waals surface area contributed by atoms with Crippen molar-refractivity contribution >= 4 is 15.9 Å². The molecule has 0 unspecified atom stereocenters. The molecule has 1 N–H and O–H groups in total. The summed E-state index contributed by atoms with van der Waals surface area (Å²) in [7, 11) is 1.94. The summed E-state index contributed by atoms with van der Waals surface area (Å²) in [5.41, 5.74) is 6.75. The molecule has 1 aromatic heterocycles. The first kappa shape index (κ1) is 15.1. The first-order chi connectivity index (χ1) is 9.43. The van der Waals surface area contributed by atoms with Gasteiger partial charge >= 0.3 is 0 Å². The van der Waals surface area contributed by atoms with E-state index in [1.54, 1.807) is 0 Å². The summed E-state index contributed by atoms with van der Waals surface area (Å²) >= 11 is 3.60. The van der Waals surface area contributed by atoms with Crippen LogP contribution in [0.5, 0.6) is 0 Å². The summed E-state index contributed by atoms with van der Waals surface area (Å²) in [6, 6.07) is 4.26. The molecule has 0 spiro atoms. The average molecular weight is 334 g/mol. The van der Waals surface area contributed by atoms with E-state index < -0.39 is 0 Å². The number of nitrogens with zero attached hydrogens (tertiary/aromatic N) is 2. The Morgan fingerprint density at radius 2 is 1.50 bits per heavy atom. The summed E-state index contributed by atoms with van der Waals surface area (Å²) in [5.74, 6) is 0.804. The molecule has 0 radical (unpaired) electrons. The number of rotatable bonds is 3. The number of benzene rings is 1. The zero-order valence-electron chi connectivity index (χ0n) is 12.6. The molecule has 0 aliphatic rings. The smallest absolute Gasteiger partial charge is 0.159 e. The van der Waals surface area contributed by atoms with Crippen molar-refractivity contribution in [3.8, 4) is 11.4 Å². The summed E-state index contributed by atoms with van der Waals surface area (Å²) in [6.45, 7) is 9.08. The van der Waals surface area contributed by atoms with Crippen molar-refractivity contribution in [3.63, 3.8) is 0 Å². The van der Waals surface area contributed by atoms with Gasteiger partial charge in [0, 0.05) is 33.5 Å². The number of hydrogen-bond donors (Lipinski definition) is 1. The van der Waals surface area contributed by atoms with Gasteiger partial charge in [0.2, 0.25) is 0 Å². The zero-order chi connectivity index (χ0) is 14.9. The monoisotopic (exact) mass is 333 g/mol. The minimum atomic E-state index is 0.802. The van der Waals surface area contributed by atoms with Crippen molar-refractivity contribution in [2.45, 2.75) is 34.2 Å².